The molecule has 0 saturated heterocycles. The number of rotatable bonds is 6. The average Bonchev–Trinajstić information content (AvgIpc) is 2.27. The van der Waals surface area contributed by atoms with Crippen LogP contribution in [0.1, 0.15) is 24.8 Å². The molecule has 1 aromatic rings. The zero-order valence-electron chi connectivity index (χ0n) is 10.8. The summed E-state index contributed by atoms with van der Waals surface area (Å²) in [5.41, 5.74) is 1.56. The van der Waals surface area contributed by atoms with Crippen LogP contribution in [0.2, 0.25) is 0 Å². The highest BCUT2D eigenvalue weighted by Crippen LogP contribution is 2.31. The molecule has 1 saturated carbocycles. The highest BCUT2D eigenvalue weighted by Gasteiger charge is 2.26. The van der Waals surface area contributed by atoms with E-state index in [1.54, 1.807) is 6.07 Å². The molecule has 0 atom stereocenters. The maximum atomic E-state index is 14.1. The van der Waals surface area contributed by atoms with Gasteiger partial charge in [0.1, 0.15) is 5.82 Å². The largest absolute Gasteiger partial charge is 0.395 e. The summed E-state index contributed by atoms with van der Waals surface area (Å²) in [6.07, 6.45) is 3.39. The Hall–Kier alpha value is -1.13. The Morgan fingerprint density at radius 1 is 1.44 bits per heavy atom. The van der Waals surface area contributed by atoms with Crippen LogP contribution >= 0.6 is 0 Å². The molecular weight excluding hydrogens is 231 g/mol. The minimum Gasteiger partial charge on any atom is -0.395 e. The molecule has 4 heteroatoms. The van der Waals surface area contributed by atoms with Gasteiger partial charge in [0.2, 0.25) is 0 Å². The molecular formula is C14H21FN2O. The lowest BCUT2D eigenvalue weighted by molar-refractivity contribution is 0.282. The van der Waals surface area contributed by atoms with Crippen LogP contribution in [-0.2, 0) is 6.54 Å². The van der Waals surface area contributed by atoms with Crippen LogP contribution in [0.5, 0.6) is 0 Å². The number of nitrogens with zero attached hydrogens (tertiary/aromatic N) is 1. The third kappa shape index (κ3) is 2.82. The number of hydrogen-bond donors (Lipinski definition) is 2. The van der Waals surface area contributed by atoms with Crippen LogP contribution in [-0.4, -0.2) is 31.3 Å². The molecule has 18 heavy (non-hydrogen) atoms. The van der Waals surface area contributed by atoms with E-state index in [0.29, 0.717) is 24.8 Å². The minimum absolute atomic E-state index is 0.0637. The average molecular weight is 252 g/mol. The van der Waals surface area contributed by atoms with Crippen molar-refractivity contribution >= 4 is 5.69 Å². The van der Waals surface area contributed by atoms with Crippen molar-refractivity contribution in [1.82, 2.24) is 5.32 Å². The number of nitrogens with one attached hydrogen (secondary N) is 1. The second kappa shape index (κ2) is 6.16. The van der Waals surface area contributed by atoms with Crippen molar-refractivity contribution < 1.29 is 9.50 Å². The molecule has 0 unspecified atom stereocenters. The lowest BCUT2D eigenvalue weighted by atomic mass is 9.91. The molecule has 1 fully saturated rings. The van der Waals surface area contributed by atoms with Gasteiger partial charge in [0, 0.05) is 19.1 Å². The third-order valence-electron chi connectivity index (χ3n) is 3.56. The van der Waals surface area contributed by atoms with Gasteiger partial charge in [-0.2, -0.15) is 0 Å². The van der Waals surface area contributed by atoms with E-state index in [2.05, 4.69) is 5.32 Å². The van der Waals surface area contributed by atoms with E-state index in [1.165, 1.54) is 6.42 Å². The molecule has 100 valence electrons. The van der Waals surface area contributed by atoms with Gasteiger partial charge in [-0.15, -0.1) is 0 Å². The first-order valence-electron chi connectivity index (χ1n) is 6.56. The van der Waals surface area contributed by atoms with E-state index < -0.39 is 0 Å². The first-order chi connectivity index (χ1) is 8.76. The first kappa shape index (κ1) is 13.3. The summed E-state index contributed by atoms with van der Waals surface area (Å²) in [5.74, 6) is -0.192. The Balaban J connectivity index is 2.18. The Kier molecular flexibility index (Phi) is 4.55. The van der Waals surface area contributed by atoms with E-state index in [1.807, 2.05) is 24.1 Å². The molecule has 1 aromatic carbocycles. The second-order valence-corrected chi connectivity index (χ2v) is 4.82. The SMILES string of the molecule is CNCc1ccc(N(CCO)C2CCC2)c(F)c1. The molecule has 2 N–H and O–H groups in total. The van der Waals surface area contributed by atoms with Crippen LogP contribution < -0.4 is 10.2 Å². The van der Waals surface area contributed by atoms with Crippen LogP contribution in [0.25, 0.3) is 0 Å². The Bertz CT molecular complexity index is 393. The molecule has 0 radical (unpaired) electrons. The number of anilines is 1. The molecule has 0 aliphatic heterocycles. The van der Waals surface area contributed by atoms with Gasteiger partial charge in [0.05, 0.1) is 12.3 Å². The van der Waals surface area contributed by atoms with Gasteiger partial charge in [0.15, 0.2) is 0 Å². The molecule has 0 heterocycles. The fourth-order valence-corrected chi connectivity index (χ4v) is 2.40. The highest BCUT2D eigenvalue weighted by molar-refractivity contribution is 5.50. The number of hydrogen-bond acceptors (Lipinski definition) is 3. The summed E-state index contributed by atoms with van der Waals surface area (Å²) in [4.78, 5) is 2.00. The topological polar surface area (TPSA) is 35.5 Å². The molecule has 0 bridgehead atoms. The van der Waals surface area contributed by atoms with Crippen LogP contribution in [0, 0.1) is 5.82 Å². The van der Waals surface area contributed by atoms with Crippen LogP contribution in [0.15, 0.2) is 18.2 Å². The van der Waals surface area contributed by atoms with Gasteiger partial charge in [0.25, 0.3) is 0 Å². The zero-order chi connectivity index (χ0) is 13.0. The van der Waals surface area contributed by atoms with Gasteiger partial charge < -0.3 is 15.3 Å². The minimum atomic E-state index is -0.192. The lowest BCUT2D eigenvalue weighted by Gasteiger charge is -2.39. The summed E-state index contributed by atoms with van der Waals surface area (Å²) in [6.45, 7) is 1.24. The van der Waals surface area contributed by atoms with Gasteiger partial charge in [-0.1, -0.05) is 6.07 Å². The van der Waals surface area contributed by atoms with Crippen molar-refractivity contribution in [3.63, 3.8) is 0 Å². The molecule has 1 aliphatic rings. The van der Waals surface area contributed by atoms with Crippen LogP contribution in [0.4, 0.5) is 10.1 Å². The number of aliphatic hydroxyl groups excluding tert-OH is 1. The summed E-state index contributed by atoms with van der Waals surface area (Å²) < 4.78 is 14.1. The number of benzene rings is 1. The standard InChI is InChI=1S/C14H21FN2O/c1-16-10-11-5-6-14(13(15)9-11)17(7-8-18)12-3-2-4-12/h5-6,9,12,16,18H,2-4,7-8,10H2,1H3. The van der Waals surface area contributed by atoms with Crippen molar-refractivity contribution in [3.05, 3.63) is 29.6 Å². The zero-order valence-corrected chi connectivity index (χ0v) is 10.8. The van der Waals surface area contributed by atoms with Gasteiger partial charge in [-0.05, 0) is 44.0 Å². The van der Waals surface area contributed by atoms with Gasteiger partial charge in [-0.25, -0.2) is 4.39 Å². The molecule has 0 aromatic heterocycles. The lowest BCUT2D eigenvalue weighted by Crippen LogP contribution is -2.42. The number of halogens is 1. The van der Waals surface area contributed by atoms with E-state index in [0.717, 1.165) is 18.4 Å². The summed E-state index contributed by atoms with van der Waals surface area (Å²) in [5, 5.41) is 12.1. The smallest absolute Gasteiger partial charge is 0.146 e. The maximum absolute atomic E-state index is 14.1. The summed E-state index contributed by atoms with van der Waals surface area (Å²) in [7, 11) is 1.85. The Morgan fingerprint density at radius 2 is 2.22 bits per heavy atom. The van der Waals surface area contributed by atoms with Gasteiger partial charge >= 0.3 is 0 Å². The van der Waals surface area contributed by atoms with Crippen LogP contribution in [0.3, 0.4) is 0 Å². The van der Waals surface area contributed by atoms with Crippen molar-refractivity contribution in [3.8, 4) is 0 Å². The van der Waals surface area contributed by atoms with Crippen molar-refractivity contribution in [2.75, 3.05) is 25.1 Å². The van der Waals surface area contributed by atoms with Crippen molar-refractivity contribution in [1.29, 1.82) is 0 Å². The molecule has 2 rings (SSSR count). The highest BCUT2D eigenvalue weighted by atomic mass is 19.1. The van der Waals surface area contributed by atoms with E-state index in [9.17, 15) is 4.39 Å². The summed E-state index contributed by atoms with van der Waals surface area (Å²) in [6, 6.07) is 5.74. The van der Waals surface area contributed by atoms with Crippen molar-refractivity contribution in [2.24, 2.45) is 0 Å². The fourth-order valence-electron chi connectivity index (χ4n) is 2.40. The molecule has 0 spiro atoms. The van der Waals surface area contributed by atoms with Crippen molar-refractivity contribution in [2.45, 2.75) is 31.8 Å². The van der Waals surface area contributed by atoms with E-state index in [4.69, 9.17) is 5.11 Å². The van der Waals surface area contributed by atoms with Gasteiger partial charge in [-0.3, -0.25) is 0 Å². The normalized spacial score (nSPS) is 15.5. The predicted octanol–water partition coefficient (Wildman–Crippen LogP) is 1.90. The fraction of sp³-hybridized carbons (Fsp3) is 0.571. The summed E-state index contributed by atoms with van der Waals surface area (Å²) >= 11 is 0. The first-order valence-corrected chi connectivity index (χ1v) is 6.56. The van der Waals surface area contributed by atoms with E-state index >= 15 is 0 Å². The monoisotopic (exact) mass is 252 g/mol. The third-order valence-corrected chi connectivity index (χ3v) is 3.56. The predicted molar refractivity (Wildman–Crippen MR) is 71.2 cm³/mol. The number of aliphatic hydroxyl groups is 1. The molecule has 1 aliphatic carbocycles. The second-order valence-electron chi connectivity index (χ2n) is 4.82. The molecule has 3 nitrogen and oxygen atoms in total. The maximum Gasteiger partial charge on any atom is 0.146 e. The Labute approximate surface area is 108 Å². The molecule has 0 amide bonds. The Morgan fingerprint density at radius 3 is 2.72 bits per heavy atom. The van der Waals surface area contributed by atoms with E-state index in [-0.39, 0.29) is 12.4 Å². The quantitative estimate of drug-likeness (QED) is 0.811.